The van der Waals surface area contributed by atoms with Crippen molar-refractivity contribution in [2.45, 2.75) is 33.7 Å². The molecule has 0 radical (unpaired) electrons. The average molecular weight is 343 g/mol. The van der Waals surface area contributed by atoms with Crippen LogP contribution in [-0.4, -0.2) is 46.0 Å². The van der Waals surface area contributed by atoms with Gasteiger partial charge in [0.15, 0.2) is 6.61 Å². The van der Waals surface area contributed by atoms with Crippen LogP contribution in [0.3, 0.4) is 0 Å². The van der Waals surface area contributed by atoms with Crippen molar-refractivity contribution in [1.82, 2.24) is 14.5 Å². The number of aromatic nitrogens is 2. The molecular formula is C19H25N3O3. The molecule has 2 atom stereocenters. The van der Waals surface area contributed by atoms with Crippen LogP contribution in [0.2, 0.25) is 0 Å². The van der Waals surface area contributed by atoms with Crippen LogP contribution in [0.15, 0.2) is 24.3 Å². The van der Waals surface area contributed by atoms with E-state index in [1.165, 1.54) is 0 Å². The summed E-state index contributed by atoms with van der Waals surface area (Å²) < 4.78 is 7.04. The number of hydrogen-bond acceptors (Lipinski definition) is 4. The standard InChI is InChI=1S/C19H25N3O3/c1-13-8-14(2)10-21(9-13)18(23)12-25-19(24)11-22-15(3)20-16-6-4-5-7-17(16)22/h4-7,13-14H,8-12H2,1-3H3. The minimum atomic E-state index is -0.419. The van der Waals surface area contributed by atoms with Crippen LogP contribution < -0.4 is 0 Å². The lowest BCUT2D eigenvalue weighted by Crippen LogP contribution is -2.44. The molecular weight excluding hydrogens is 318 g/mol. The summed E-state index contributed by atoms with van der Waals surface area (Å²) in [6.45, 7) is 7.51. The number of nitrogens with zero attached hydrogens (tertiary/aromatic N) is 3. The molecule has 0 aliphatic carbocycles. The second kappa shape index (κ2) is 7.25. The highest BCUT2D eigenvalue weighted by Crippen LogP contribution is 2.21. The van der Waals surface area contributed by atoms with E-state index < -0.39 is 5.97 Å². The first-order valence-corrected chi connectivity index (χ1v) is 8.79. The molecule has 2 unspecified atom stereocenters. The summed E-state index contributed by atoms with van der Waals surface area (Å²) in [5.41, 5.74) is 1.74. The highest BCUT2D eigenvalue weighted by Gasteiger charge is 2.26. The van der Waals surface area contributed by atoms with Crippen LogP contribution in [0.4, 0.5) is 0 Å². The van der Waals surface area contributed by atoms with Crippen LogP contribution in [0.5, 0.6) is 0 Å². The Bertz CT molecular complexity index is 773. The monoisotopic (exact) mass is 343 g/mol. The minimum absolute atomic E-state index is 0.0619. The van der Waals surface area contributed by atoms with Gasteiger partial charge >= 0.3 is 5.97 Å². The van der Waals surface area contributed by atoms with Gasteiger partial charge < -0.3 is 14.2 Å². The van der Waals surface area contributed by atoms with Crippen molar-refractivity contribution < 1.29 is 14.3 Å². The third-order valence-electron chi connectivity index (χ3n) is 4.71. The number of esters is 1. The Balaban J connectivity index is 1.57. The molecule has 6 heteroatoms. The van der Waals surface area contributed by atoms with Gasteiger partial charge in [0.05, 0.1) is 11.0 Å². The van der Waals surface area contributed by atoms with Crippen LogP contribution in [0.25, 0.3) is 11.0 Å². The van der Waals surface area contributed by atoms with Crippen LogP contribution in [0.1, 0.15) is 26.1 Å². The molecule has 0 saturated carbocycles. The summed E-state index contributed by atoms with van der Waals surface area (Å²) in [7, 11) is 0. The van der Waals surface area contributed by atoms with Gasteiger partial charge in [-0.1, -0.05) is 26.0 Å². The molecule has 1 amide bonds. The lowest BCUT2D eigenvalue weighted by atomic mass is 9.92. The van der Waals surface area contributed by atoms with E-state index in [1.54, 1.807) is 0 Å². The highest BCUT2D eigenvalue weighted by atomic mass is 16.5. The number of carbonyl (C=O) groups is 2. The van der Waals surface area contributed by atoms with Gasteiger partial charge in [-0.3, -0.25) is 9.59 Å². The maximum atomic E-state index is 12.3. The summed E-state index contributed by atoms with van der Waals surface area (Å²) in [5, 5.41) is 0. The summed E-state index contributed by atoms with van der Waals surface area (Å²) in [4.78, 5) is 30.7. The molecule has 0 N–H and O–H groups in total. The van der Waals surface area contributed by atoms with Crippen molar-refractivity contribution in [2.75, 3.05) is 19.7 Å². The van der Waals surface area contributed by atoms with Gasteiger partial charge in [0, 0.05) is 13.1 Å². The van der Waals surface area contributed by atoms with Gasteiger partial charge in [-0.15, -0.1) is 0 Å². The van der Waals surface area contributed by atoms with Gasteiger partial charge in [-0.2, -0.15) is 0 Å². The zero-order chi connectivity index (χ0) is 18.0. The summed E-state index contributed by atoms with van der Waals surface area (Å²) >= 11 is 0. The van der Waals surface area contributed by atoms with Gasteiger partial charge in [-0.05, 0) is 37.3 Å². The maximum absolute atomic E-state index is 12.3. The molecule has 134 valence electrons. The molecule has 2 aromatic rings. The molecule has 1 aliphatic rings. The fourth-order valence-corrected chi connectivity index (χ4v) is 3.67. The van der Waals surface area contributed by atoms with E-state index in [-0.39, 0.29) is 19.1 Å². The predicted molar refractivity (Wildman–Crippen MR) is 95.0 cm³/mol. The van der Waals surface area contributed by atoms with E-state index in [2.05, 4.69) is 18.8 Å². The molecule has 0 spiro atoms. The molecule has 2 heterocycles. The fourth-order valence-electron chi connectivity index (χ4n) is 3.67. The SMILES string of the molecule is Cc1nc2ccccc2n1CC(=O)OCC(=O)N1CC(C)CC(C)C1. The van der Waals surface area contributed by atoms with E-state index in [9.17, 15) is 9.59 Å². The smallest absolute Gasteiger partial charge is 0.326 e. The van der Waals surface area contributed by atoms with E-state index >= 15 is 0 Å². The maximum Gasteiger partial charge on any atom is 0.326 e. The summed E-state index contributed by atoms with van der Waals surface area (Å²) in [6.07, 6.45) is 1.14. The number of rotatable bonds is 4. The lowest BCUT2D eigenvalue weighted by Gasteiger charge is -2.34. The minimum Gasteiger partial charge on any atom is -0.454 e. The molecule has 3 rings (SSSR count). The van der Waals surface area contributed by atoms with Gasteiger partial charge in [-0.25, -0.2) is 4.98 Å². The quantitative estimate of drug-likeness (QED) is 0.800. The number of fused-ring (bicyclic) bond motifs is 1. The molecule has 25 heavy (non-hydrogen) atoms. The Labute approximate surface area is 147 Å². The average Bonchev–Trinajstić information content (AvgIpc) is 2.87. The Morgan fingerprint density at radius 2 is 1.88 bits per heavy atom. The molecule has 6 nitrogen and oxygen atoms in total. The fraction of sp³-hybridized carbons (Fsp3) is 0.526. The van der Waals surface area contributed by atoms with Crippen LogP contribution in [-0.2, 0) is 20.9 Å². The molecule has 1 saturated heterocycles. The van der Waals surface area contributed by atoms with Crippen molar-refractivity contribution in [3.05, 3.63) is 30.1 Å². The zero-order valence-electron chi connectivity index (χ0n) is 15.1. The normalized spacial score (nSPS) is 20.7. The third kappa shape index (κ3) is 4.00. The number of carbonyl (C=O) groups excluding carboxylic acids is 2. The molecule has 1 aliphatic heterocycles. The lowest BCUT2D eigenvalue weighted by molar-refractivity contribution is -0.153. The number of aryl methyl sites for hydroxylation is 1. The number of benzene rings is 1. The largest absolute Gasteiger partial charge is 0.454 e. The van der Waals surface area contributed by atoms with Crippen molar-refractivity contribution in [2.24, 2.45) is 11.8 Å². The van der Waals surface area contributed by atoms with Crippen molar-refractivity contribution in [3.63, 3.8) is 0 Å². The number of amides is 1. The Morgan fingerprint density at radius 3 is 2.60 bits per heavy atom. The topological polar surface area (TPSA) is 64.4 Å². The Hall–Kier alpha value is -2.37. The van der Waals surface area contributed by atoms with Crippen LogP contribution >= 0.6 is 0 Å². The molecule has 1 aromatic carbocycles. The van der Waals surface area contributed by atoms with Crippen LogP contribution in [0, 0.1) is 18.8 Å². The number of piperidine rings is 1. The van der Waals surface area contributed by atoms with Gasteiger partial charge in [0.1, 0.15) is 12.4 Å². The van der Waals surface area contributed by atoms with Crippen molar-refractivity contribution >= 4 is 22.9 Å². The number of likely N-dealkylation sites (tertiary alicyclic amines) is 1. The number of hydrogen-bond donors (Lipinski definition) is 0. The first-order valence-electron chi connectivity index (χ1n) is 8.79. The summed E-state index contributed by atoms with van der Waals surface area (Å²) in [6, 6.07) is 7.65. The van der Waals surface area contributed by atoms with E-state index in [4.69, 9.17) is 4.74 Å². The number of para-hydroxylation sites is 2. The van der Waals surface area contributed by atoms with Gasteiger partial charge in [0.2, 0.25) is 0 Å². The Kier molecular flexibility index (Phi) is 5.06. The zero-order valence-corrected chi connectivity index (χ0v) is 15.1. The second-order valence-electron chi connectivity index (χ2n) is 7.14. The number of imidazole rings is 1. The van der Waals surface area contributed by atoms with E-state index in [1.807, 2.05) is 40.7 Å². The summed E-state index contributed by atoms with van der Waals surface area (Å²) in [5.74, 6) is 1.20. The third-order valence-corrected chi connectivity index (χ3v) is 4.71. The first kappa shape index (κ1) is 17.5. The molecule has 0 bridgehead atoms. The van der Waals surface area contributed by atoms with E-state index in [0.29, 0.717) is 11.8 Å². The number of ether oxygens (including phenoxy) is 1. The highest BCUT2D eigenvalue weighted by molar-refractivity contribution is 5.82. The Morgan fingerprint density at radius 1 is 1.20 bits per heavy atom. The molecule has 1 aromatic heterocycles. The van der Waals surface area contributed by atoms with Crippen molar-refractivity contribution in [1.29, 1.82) is 0 Å². The molecule has 1 fully saturated rings. The van der Waals surface area contributed by atoms with Gasteiger partial charge in [0.25, 0.3) is 5.91 Å². The predicted octanol–water partition coefficient (Wildman–Crippen LogP) is 2.39. The van der Waals surface area contributed by atoms with Crippen molar-refractivity contribution in [3.8, 4) is 0 Å². The van der Waals surface area contributed by atoms with E-state index in [0.717, 1.165) is 36.4 Å². The second-order valence-corrected chi connectivity index (χ2v) is 7.14. The first-order chi connectivity index (χ1) is 11.9.